The number of carbonyl (C=O) groups excluding carboxylic acids is 2. The lowest BCUT2D eigenvalue weighted by Crippen LogP contribution is -2.51. The highest BCUT2D eigenvalue weighted by molar-refractivity contribution is 7.99. The zero-order valence-corrected chi connectivity index (χ0v) is 17.9. The van der Waals surface area contributed by atoms with E-state index in [9.17, 15) is 9.59 Å². The highest BCUT2D eigenvalue weighted by Gasteiger charge is 2.26. The summed E-state index contributed by atoms with van der Waals surface area (Å²) in [7, 11) is 0. The summed E-state index contributed by atoms with van der Waals surface area (Å²) in [6.45, 7) is 6.19. The van der Waals surface area contributed by atoms with Crippen LogP contribution in [0.1, 0.15) is 21.7 Å². The zero-order valence-electron chi connectivity index (χ0n) is 17.1. The second-order valence-electron chi connectivity index (χ2n) is 7.31. The number of rotatable bonds is 5. The molecule has 4 rings (SSSR count). The lowest BCUT2D eigenvalue weighted by atomic mass is 10.1. The largest absolute Gasteiger partial charge is 0.459 e. The van der Waals surface area contributed by atoms with Crippen LogP contribution in [0, 0.1) is 13.8 Å². The molecule has 7 nitrogen and oxygen atoms in total. The minimum absolute atomic E-state index is 0.0561. The molecule has 1 fully saturated rings. The average molecular weight is 425 g/mol. The molecule has 0 radical (unpaired) electrons. The Labute approximate surface area is 179 Å². The number of hydrogen-bond donors (Lipinski definition) is 0. The SMILES string of the molecule is Cc1ccc(C)c(-n2ccnc2SCC(=O)N2CCN(C(=O)c3ccco3)CC2)c1. The van der Waals surface area contributed by atoms with Crippen LogP contribution in [0.5, 0.6) is 0 Å². The Kier molecular flexibility index (Phi) is 5.94. The number of thioether (sulfide) groups is 1. The number of furan rings is 1. The predicted molar refractivity (Wildman–Crippen MR) is 115 cm³/mol. The van der Waals surface area contributed by atoms with E-state index in [1.807, 2.05) is 15.7 Å². The van der Waals surface area contributed by atoms with Crippen LogP contribution in [0.25, 0.3) is 5.69 Å². The first-order valence-corrected chi connectivity index (χ1v) is 10.9. The molecule has 0 unspecified atom stereocenters. The lowest BCUT2D eigenvalue weighted by Gasteiger charge is -2.34. The summed E-state index contributed by atoms with van der Waals surface area (Å²) in [6, 6.07) is 9.66. The number of hydrogen-bond acceptors (Lipinski definition) is 5. The molecule has 0 spiro atoms. The molecule has 1 aromatic carbocycles. The molecule has 0 bridgehead atoms. The van der Waals surface area contributed by atoms with Crippen molar-refractivity contribution < 1.29 is 14.0 Å². The normalized spacial score (nSPS) is 14.2. The van der Waals surface area contributed by atoms with Crippen LogP contribution in [0.4, 0.5) is 0 Å². The van der Waals surface area contributed by atoms with Crippen LogP contribution in [-0.4, -0.2) is 63.1 Å². The molecule has 1 aliphatic rings. The van der Waals surface area contributed by atoms with Gasteiger partial charge in [-0.2, -0.15) is 0 Å². The molecular weight excluding hydrogens is 400 g/mol. The van der Waals surface area contributed by atoms with E-state index in [2.05, 4.69) is 37.0 Å². The highest BCUT2D eigenvalue weighted by Crippen LogP contribution is 2.24. The minimum atomic E-state index is -0.128. The Hall–Kier alpha value is -3.00. The molecule has 2 aromatic heterocycles. The summed E-state index contributed by atoms with van der Waals surface area (Å²) in [4.78, 5) is 33.0. The Morgan fingerprint density at radius 1 is 1.10 bits per heavy atom. The van der Waals surface area contributed by atoms with Crippen molar-refractivity contribution in [1.82, 2.24) is 19.4 Å². The standard InChI is InChI=1S/C22H24N4O3S/c1-16-5-6-17(2)18(14-16)26-8-7-23-22(26)30-15-20(27)24-9-11-25(12-10-24)21(28)19-4-3-13-29-19/h3-8,13-14H,9-12,15H2,1-2H3. The van der Waals surface area contributed by atoms with E-state index in [1.165, 1.54) is 23.6 Å². The average Bonchev–Trinajstić information content (AvgIpc) is 3.45. The molecule has 0 atom stereocenters. The van der Waals surface area contributed by atoms with Gasteiger partial charge in [-0.25, -0.2) is 4.98 Å². The molecular formula is C22H24N4O3S. The summed E-state index contributed by atoms with van der Waals surface area (Å²) in [5.74, 6) is 0.579. The maximum Gasteiger partial charge on any atom is 0.289 e. The van der Waals surface area contributed by atoms with Gasteiger partial charge in [0.15, 0.2) is 10.9 Å². The summed E-state index contributed by atoms with van der Waals surface area (Å²) < 4.78 is 7.21. The summed E-state index contributed by atoms with van der Waals surface area (Å²) in [6.07, 6.45) is 5.17. The van der Waals surface area contributed by atoms with Crippen molar-refractivity contribution in [2.45, 2.75) is 19.0 Å². The van der Waals surface area contributed by atoms with Gasteiger partial charge in [0, 0.05) is 38.6 Å². The second-order valence-corrected chi connectivity index (χ2v) is 8.25. The molecule has 1 aliphatic heterocycles. The van der Waals surface area contributed by atoms with E-state index in [0.29, 0.717) is 37.7 Å². The van der Waals surface area contributed by atoms with Gasteiger partial charge in [0.1, 0.15) is 0 Å². The van der Waals surface area contributed by atoms with Crippen molar-refractivity contribution in [1.29, 1.82) is 0 Å². The van der Waals surface area contributed by atoms with Gasteiger partial charge >= 0.3 is 0 Å². The first-order valence-electron chi connectivity index (χ1n) is 9.87. The van der Waals surface area contributed by atoms with Crippen molar-refractivity contribution in [2.75, 3.05) is 31.9 Å². The number of aromatic nitrogens is 2. The lowest BCUT2D eigenvalue weighted by molar-refractivity contribution is -0.129. The molecule has 2 amide bonds. The van der Waals surface area contributed by atoms with Gasteiger partial charge in [-0.3, -0.25) is 14.2 Å². The third-order valence-corrected chi connectivity index (χ3v) is 6.16. The van der Waals surface area contributed by atoms with Crippen LogP contribution in [0.2, 0.25) is 0 Å². The Morgan fingerprint density at radius 2 is 1.87 bits per heavy atom. The number of nitrogens with zero attached hydrogens (tertiary/aromatic N) is 4. The highest BCUT2D eigenvalue weighted by atomic mass is 32.2. The van der Waals surface area contributed by atoms with Crippen LogP contribution in [0.15, 0.2) is 58.6 Å². The summed E-state index contributed by atoms with van der Waals surface area (Å²) in [5.41, 5.74) is 3.41. The first kappa shape index (κ1) is 20.3. The molecule has 0 N–H and O–H groups in total. The molecule has 1 saturated heterocycles. The number of aryl methyl sites for hydroxylation is 2. The fourth-order valence-corrected chi connectivity index (χ4v) is 4.36. The smallest absolute Gasteiger partial charge is 0.289 e. The number of benzene rings is 1. The number of piperazine rings is 1. The predicted octanol–water partition coefficient (Wildman–Crippen LogP) is 3.16. The van der Waals surface area contributed by atoms with E-state index in [4.69, 9.17) is 4.42 Å². The maximum atomic E-state index is 12.7. The molecule has 0 saturated carbocycles. The van der Waals surface area contributed by atoms with Crippen molar-refractivity contribution in [3.05, 3.63) is 65.9 Å². The fourth-order valence-electron chi connectivity index (χ4n) is 3.49. The van der Waals surface area contributed by atoms with Gasteiger partial charge in [-0.15, -0.1) is 0 Å². The summed E-state index contributed by atoms with van der Waals surface area (Å²) >= 11 is 1.44. The Morgan fingerprint density at radius 3 is 2.60 bits per heavy atom. The monoisotopic (exact) mass is 424 g/mol. The van der Waals surface area contributed by atoms with Crippen LogP contribution < -0.4 is 0 Å². The second kappa shape index (κ2) is 8.79. The Bertz CT molecular complexity index is 1040. The van der Waals surface area contributed by atoms with Crippen LogP contribution >= 0.6 is 11.8 Å². The molecule has 3 aromatic rings. The van der Waals surface area contributed by atoms with Gasteiger partial charge in [-0.1, -0.05) is 23.9 Å². The van der Waals surface area contributed by atoms with E-state index in [1.54, 1.807) is 23.2 Å². The number of imidazole rings is 1. The minimum Gasteiger partial charge on any atom is -0.459 e. The van der Waals surface area contributed by atoms with Gasteiger partial charge in [-0.05, 0) is 43.2 Å². The van der Waals surface area contributed by atoms with Crippen molar-refractivity contribution in [3.63, 3.8) is 0 Å². The van der Waals surface area contributed by atoms with Gasteiger partial charge in [0.2, 0.25) is 5.91 Å². The molecule has 0 aliphatic carbocycles. The molecule has 3 heterocycles. The summed E-state index contributed by atoms with van der Waals surface area (Å²) in [5, 5.41) is 0.795. The molecule has 156 valence electrons. The Balaban J connectivity index is 1.34. The number of amides is 2. The van der Waals surface area contributed by atoms with Crippen LogP contribution in [0.3, 0.4) is 0 Å². The van der Waals surface area contributed by atoms with Gasteiger partial charge in [0.25, 0.3) is 5.91 Å². The van der Waals surface area contributed by atoms with Crippen LogP contribution in [-0.2, 0) is 4.79 Å². The zero-order chi connectivity index (χ0) is 21.1. The van der Waals surface area contributed by atoms with Crippen molar-refractivity contribution >= 4 is 23.6 Å². The van der Waals surface area contributed by atoms with Gasteiger partial charge in [0.05, 0.1) is 17.7 Å². The first-order chi connectivity index (χ1) is 14.5. The third kappa shape index (κ3) is 4.28. The number of carbonyl (C=O) groups is 2. The maximum absolute atomic E-state index is 12.7. The van der Waals surface area contributed by atoms with Crippen molar-refractivity contribution in [3.8, 4) is 5.69 Å². The van der Waals surface area contributed by atoms with E-state index >= 15 is 0 Å². The van der Waals surface area contributed by atoms with E-state index < -0.39 is 0 Å². The van der Waals surface area contributed by atoms with Crippen molar-refractivity contribution in [2.24, 2.45) is 0 Å². The van der Waals surface area contributed by atoms with Gasteiger partial charge < -0.3 is 14.2 Å². The van der Waals surface area contributed by atoms with E-state index in [0.717, 1.165) is 16.4 Å². The molecule has 30 heavy (non-hydrogen) atoms. The topological polar surface area (TPSA) is 71.6 Å². The van der Waals surface area contributed by atoms with E-state index in [-0.39, 0.29) is 11.8 Å². The molecule has 8 heteroatoms. The fraction of sp³-hybridized carbons (Fsp3) is 0.318. The quantitative estimate of drug-likeness (QED) is 0.589. The third-order valence-electron chi connectivity index (χ3n) is 5.21.